The summed E-state index contributed by atoms with van der Waals surface area (Å²) in [6, 6.07) is 31.8. The molecule has 0 aliphatic carbocycles. The van der Waals surface area contributed by atoms with Gasteiger partial charge < -0.3 is 25.8 Å². The topological polar surface area (TPSA) is 150 Å². The molecule has 73 heavy (non-hydrogen) atoms. The van der Waals surface area contributed by atoms with E-state index in [0.717, 1.165) is 46.5 Å². The summed E-state index contributed by atoms with van der Waals surface area (Å²) in [5.41, 5.74) is 5.26. The van der Waals surface area contributed by atoms with Crippen molar-refractivity contribution in [3.63, 3.8) is 0 Å². The van der Waals surface area contributed by atoms with Gasteiger partial charge in [0, 0.05) is 64.1 Å². The standard InChI is InChI=1S/C27H27ClF3N3O3.C27H25ClF3N3O2/c1-16(34-25(36)26(2,3)37-23-12-9-20(15-33-23)27(29,30)31)22(13-17-7-10-21(28)11-8-17)18-5-4-6-19(14-18)24(32)35;1-17(34-25(35)26(2,3)36-24-13-10-20(16-33-24)27(29,30)31)23(14-18-8-11-21(28)12-9-18)19-6-5-7-22(15-19)32-4/h4-12,14-16,22H,13H2,1-3H3,(H2,32,35)(H,34,36);5-13,15-17,23H,14H2,1-3H3,(H,34,35)/t16?,22-;17?,23-/m11/s1. The van der Waals surface area contributed by atoms with E-state index in [0.29, 0.717) is 46.5 Å². The third-order valence-corrected chi connectivity index (χ3v) is 12.1. The quantitative estimate of drug-likeness (QED) is 0.0608. The molecule has 6 aromatic rings. The lowest BCUT2D eigenvalue weighted by molar-refractivity contribution is -0.139. The van der Waals surface area contributed by atoms with Crippen molar-refractivity contribution in [2.45, 2.75) is 102 Å². The fourth-order valence-corrected chi connectivity index (χ4v) is 7.71. The molecule has 0 aliphatic rings. The smallest absolute Gasteiger partial charge is 0.417 e. The highest BCUT2D eigenvalue weighted by molar-refractivity contribution is 6.30. The molecular weight excluding hydrogens is 998 g/mol. The van der Waals surface area contributed by atoms with Crippen LogP contribution in [0.1, 0.15) is 97.1 Å². The van der Waals surface area contributed by atoms with Crippen molar-refractivity contribution in [1.82, 2.24) is 20.6 Å². The number of halogens is 8. The van der Waals surface area contributed by atoms with Crippen molar-refractivity contribution in [3.8, 4) is 11.8 Å². The summed E-state index contributed by atoms with van der Waals surface area (Å²) in [7, 11) is 0. The van der Waals surface area contributed by atoms with Gasteiger partial charge >= 0.3 is 12.4 Å². The van der Waals surface area contributed by atoms with Gasteiger partial charge in [0.25, 0.3) is 11.8 Å². The number of rotatable bonds is 17. The Labute approximate surface area is 429 Å². The van der Waals surface area contributed by atoms with Crippen molar-refractivity contribution in [2.24, 2.45) is 5.73 Å². The lowest BCUT2D eigenvalue weighted by atomic mass is 9.85. The zero-order valence-corrected chi connectivity index (χ0v) is 41.9. The molecule has 4 aromatic carbocycles. The second kappa shape index (κ2) is 24.0. The summed E-state index contributed by atoms with van der Waals surface area (Å²) in [6.07, 6.45) is -6.64. The van der Waals surface area contributed by atoms with Crippen LogP contribution in [0.2, 0.25) is 10.0 Å². The van der Waals surface area contributed by atoms with Gasteiger partial charge in [-0.15, -0.1) is 0 Å². The van der Waals surface area contributed by atoms with E-state index >= 15 is 0 Å². The Morgan fingerprint density at radius 3 is 1.37 bits per heavy atom. The molecule has 0 radical (unpaired) electrons. The first-order valence-corrected chi connectivity index (χ1v) is 23.3. The van der Waals surface area contributed by atoms with E-state index < -0.39 is 58.4 Å². The minimum atomic E-state index is -4.53. The van der Waals surface area contributed by atoms with Crippen molar-refractivity contribution in [1.29, 1.82) is 0 Å². The lowest BCUT2D eigenvalue weighted by Gasteiger charge is -2.31. The molecule has 4 atom stereocenters. The van der Waals surface area contributed by atoms with Crippen molar-refractivity contribution in [3.05, 3.63) is 194 Å². The van der Waals surface area contributed by atoms with Gasteiger partial charge in [0.2, 0.25) is 17.7 Å². The van der Waals surface area contributed by atoms with Crippen molar-refractivity contribution in [2.75, 3.05) is 0 Å². The molecule has 0 aliphatic heterocycles. The molecule has 2 heterocycles. The van der Waals surface area contributed by atoms with Gasteiger partial charge in [-0.2, -0.15) is 26.3 Å². The van der Waals surface area contributed by atoms with Gasteiger partial charge in [-0.25, -0.2) is 14.8 Å². The van der Waals surface area contributed by atoms with Crippen LogP contribution in [0.15, 0.2) is 134 Å². The van der Waals surface area contributed by atoms with E-state index in [2.05, 4.69) is 25.4 Å². The van der Waals surface area contributed by atoms with E-state index in [1.165, 1.54) is 27.7 Å². The van der Waals surface area contributed by atoms with Crippen molar-refractivity contribution >= 4 is 46.6 Å². The van der Waals surface area contributed by atoms with E-state index in [9.17, 15) is 40.7 Å². The molecule has 19 heteroatoms. The molecule has 6 rings (SSSR count). The van der Waals surface area contributed by atoms with Crippen LogP contribution in [0.3, 0.4) is 0 Å². The second-order valence-corrected chi connectivity index (χ2v) is 19.0. The Balaban J connectivity index is 0.000000271. The number of benzene rings is 4. The first-order valence-electron chi connectivity index (χ1n) is 22.6. The van der Waals surface area contributed by atoms with Crippen LogP contribution in [-0.2, 0) is 34.8 Å². The second-order valence-electron chi connectivity index (χ2n) is 18.1. The molecule has 0 fully saturated rings. The van der Waals surface area contributed by atoms with Gasteiger partial charge in [-0.3, -0.25) is 14.4 Å². The van der Waals surface area contributed by atoms with Crippen LogP contribution in [0.4, 0.5) is 32.0 Å². The minimum absolute atomic E-state index is 0.0988. The molecule has 2 unspecified atom stereocenters. The summed E-state index contributed by atoms with van der Waals surface area (Å²) < 4.78 is 88.1. The maximum atomic E-state index is 13.2. The van der Waals surface area contributed by atoms with Crippen LogP contribution >= 0.6 is 23.2 Å². The third-order valence-electron chi connectivity index (χ3n) is 11.6. The summed E-state index contributed by atoms with van der Waals surface area (Å²) in [4.78, 5) is 49.0. The predicted molar refractivity (Wildman–Crippen MR) is 267 cm³/mol. The third kappa shape index (κ3) is 16.4. The summed E-state index contributed by atoms with van der Waals surface area (Å²) >= 11 is 12.0. The SMILES string of the molecule is CC(NC(=O)C(C)(C)Oc1ccc(C(F)(F)F)cn1)[C@@H](Cc1ccc(Cl)cc1)c1cccc(C(N)=O)c1.[C-]#[N+]c1cccc([C@H](Cc2ccc(Cl)cc2)C(C)NC(=O)C(C)(C)Oc2ccc(C(F)(F)F)cn2)c1. The number of hydrogen-bond donors (Lipinski definition) is 3. The Morgan fingerprint density at radius 2 is 1.01 bits per heavy atom. The van der Waals surface area contributed by atoms with Gasteiger partial charge in [-0.05, 0) is 120 Å². The van der Waals surface area contributed by atoms with E-state index in [4.69, 9.17) is 45.0 Å². The van der Waals surface area contributed by atoms with Gasteiger partial charge in [-0.1, -0.05) is 89.4 Å². The first kappa shape index (κ1) is 56.8. The molecule has 2 aromatic heterocycles. The number of nitrogens with two attached hydrogens (primary N) is 1. The fraction of sp³-hybridized carbons (Fsp3) is 0.296. The fourth-order valence-electron chi connectivity index (χ4n) is 7.46. The van der Waals surface area contributed by atoms with E-state index in [1.54, 1.807) is 60.7 Å². The molecule has 0 spiro atoms. The van der Waals surface area contributed by atoms with Crippen LogP contribution in [0, 0.1) is 6.57 Å². The first-order chi connectivity index (χ1) is 34.1. The molecule has 0 saturated heterocycles. The summed E-state index contributed by atoms with van der Waals surface area (Å²) in [5.74, 6) is -2.18. The molecule has 0 bridgehead atoms. The average molecular weight is 1050 g/mol. The number of carbonyl (C=O) groups is 3. The van der Waals surface area contributed by atoms with Crippen molar-refractivity contribution < 1.29 is 50.2 Å². The van der Waals surface area contributed by atoms with Gasteiger partial charge in [0.15, 0.2) is 16.9 Å². The number of hydrogen-bond acceptors (Lipinski definition) is 7. The van der Waals surface area contributed by atoms with E-state index in [1.807, 2.05) is 50.2 Å². The number of carbonyl (C=O) groups excluding carboxylic acids is 3. The maximum absolute atomic E-state index is 13.2. The van der Waals surface area contributed by atoms with E-state index in [-0.39, 0.29) is 29.6 Å². The van der Waals surface area contributed by atoms with Gasteiger partial charge in [0.05, 0.1) is 17.7 Å². The minimum Gasteiger partial charge on any atom is -0.462 e. The molecule has 384 valence electrons. The Morgan fingerprint density at radius 1 is 0.616 bits per heavy atom. The number of nitrogens with zero attached hydrogens (tertiary/aromatic N) is 3. The molecule has 3 amide bonds. The Kier molecular flexibility index (Phi) is 18.7. The number of alkyl halides is 6. The monoisotopic (exact) mass is 1050 g/mol. The summed E-state index contributed by atoms with van der Waals surface area (Å²) in [5, 5.41) is 7.11. The number of nitrogens with one attached hydrogen (secondary N) is 2. The Bertz CT molecular complexity index is 2880. The van der Waals surface area contributed by atoms with Gasteiger partial charge in [0.1, 0.15) is 0 Å². The molecular formula is C54H52Cl2F6N6O5. The van der Waals surface area contributed by atoms with Crippen LogP contribution in [0.5, 0.6) is 11.8 Å². The highest BCUT2D eigenvalue weighted by Gasteiger charge is 2.37. The number of primary amides is 1. The summed E-state index contributed by atoms with van der Waals surface area (Å²) in [6.45, 7) is 17.0. The molecule has 4 N–H and O–H groups in total. The number of ether oxygens (including phenoxy) is 2. The zero-order chi connectivity index (χ0) is 53.9. The highest BCUT2D eigenvalue weighted by Crippen LogP contribution is 2.33. The predicted octanol–water partition coefficient (Wildman–Crippen LogP) is 12.5. The highest BCUT2D eigenvalue weighted by atomic mass is 35.5. The molecule has 11 nitrogen and oxygen atoms in total. The normalized spacial score (nSPS) is 13.4. The average Bonchev–Trinajstić information content (AvgIpc) is 3.33. The van der Waals surface area contributed by atoms with Crippen LogP contribution in [0.25, 0.3) is 4.85 Å². The Hall–Kier alpha value is -7.16. The lowest BCUT2D eigenvalue weighted by Crippen LogP contribution is -2.51. The number of pyridine rings is 2. The largest absolute Gasteiger partial charge is 0.462 e. The number of amides is 3. The van der Waals surface area contributed by atoms with Crippen LogP contribution in [-0.4, -0.2) is 51.0 Å². The van der Waals surface area contributed by atoms with Crippen LogP contribution < -0.4 is 25.8 Å². The molecule has 0 saturated carbocycles. The maximum Gasteiger partial charge on any atom is 0.417 e. The number of aromatic nitrogens is 2. The zero-order valence-electron chi connectivity index (χ0n) is 40.4.